The van der Waals surface area contributed by atoms with Crippen molar-refractivity contribution >= 4 is 28.5 Å². The quantitative estimate of drug-likeness (QED) is 0.784. The van der Waals surface area contributed by atoms with Gasteiger partial charge in [0.15, 0.2) is 0 Å². The normalized spacial score (nSPS) is 22.9. The molecule has 1 fully saturated rings. The van der Waals surface area contributed by atoms with Crippen LogP contribution in [-0.2, 0) is 9.53 Å². The lowest BCUT2D eigenvalue weighted by molar-refractivity contribution is -0.110. The summed E-state index contributed by atoms with van der Waals surface area (Å²) in [5, 5.41) is 5.92. The van der Waals surface area contributed by atoms with Gasteiger partial charge in [-0.3, -0.25) is 4.79 Å². The maximum Gasteiger partial charge on any atom is 0.257 e. The summed E-state index contributed by atoms with van der Waals surface area (Å²) >= 11 is 0. The molecule has 2 aromatic rings. The number of anilines is 3. The van der Waals surface area contributed by atoms with E-state index in [0.717, 1.165) is 16.8 Å². The highest BCUT2D eigenvalue weighted by atomic mass is 19.1. The van der Waals surface area contributed by atoms with Crippen LogP contribution in [0.25, 0.3) is 5.57 Å². The number of aryl methyl sites for hydroxylation is 1. The Balaban J connectivity index is 1.55. The molecule has 2 aliphatic rings. The van der Waals surface area contributed by atoms with Crippen molar-refractivity contribution in [2.75, 3.05) is 28.6 Å². The summed E-state index contributed by atoms with van der Waals surface area (Å²) in [6.07, 6.45) is 1.77. The van der Waals surface area contributed by atoms with Gasteiger partial charge in [-0.15, -0.1) is 0 Å². The van der Waals surface area contributed by atoms with E-state index in [1.807, 2.05) is 49.9 Å². The van der Waals surface area contributed by atoms with Crippen LogP contribution in [0.2, 0.25) is 0 Å². The molecule has 0 spiro atoms. The largest absolute Gasteiger partial charge is 0.372 e. The second-order valence-corrected chi connectivity index (χ2v) is 7.48. The lowest BCUT2D eigenvalue weighted by atomic mass is 10.0. The predicted octanol–water partition coefficient (Wildman–Crippen LogP) is 4.15. The van der Waals surface area contributed by atoms with Crippen molar-refractivity contribution in [3.63, 3.8) is 0 Å². The van der Waals surface area contributed by atoms with Gasteiger partial charge >= 0.3 is 0 Å². The van der Waals surface area contributed by atoms with Crippen molar-refractivity contribution in [3.05, 3.63) is 59.5 Å². The molecule has 2 N–H and O–H groups in total. The Labute approximate surface area is 164 Å². The second kappa shape index (κ2) is 7.28. The van der Waals surface area contributed by atoms with Gasteiger partial charge in [0.05, 0.1) is 23.5 Å². The summed E-state index contributed by atoms with van der Waals surface area (Å²) in [5.74, 6) is -0.456. The van der Waals surface area contributed by atoms with Crippen LogP contribution < -0.4 is 15.5 Å². The van der Waals surface area contributed by atoms with Crippen molar-refractivity contribution in [1.29, 1.82) is 0 Å². The molecule has 0 bridgehead atoms. The van der Waals surface area contributed by atoms with E-state index < -0.39 is 0 Å². The Morgan fingerprint density at radius 1 is 1.21 bits per heavy atom. The average Bonchev–Trinajstić information content (AvgIpc) is 2.95. The Kier molecular flexibility index (Phi) is 4.81. The molecule has 4 rings (SSSR count). The molecule has 146 valence electrons. The third-order valence-corrected chi connectivity index (χ3v) is 5.13. The molecule has 0 aromatic heterocycles. The Bertz CT molecular complexity index is 947. The standard InChI is InChI=1S/C22H24FN3O2/c1-13-5-4-6-19-21(13)17(22(27)25-19)10-24-16-7-8-20(18(23)9-16)26-11-14(2)28-15(3)12-26/h4-10,14-15,24H,11-12H2,1-3H3,(H,25,27)/b17-10+. The molecule has 28 heavy (non-hydrogen) atoms. The number of halogens is 1. The molecule has 5 nitrogen and oxygen atoms in total. The first kappa shape index (κ1) is 18.5. The number of amides is 1. The highest BCUT2D eigenvalue weighted by Crippen LogP contribution is 2.34. The summed E-state index contributed by atoms with van der Waals surface area (Å²) in [7, 11) is 0. The molecule has 2 aliphatic heterocycles. The number of rotatable bonds is 3. The van der Waals surface area contributed by atoms with Crippen LogP contribution >= 0.6 is 0 Å². The monoisotopic (exact) mass is 381 g/mol. The second-order valence-electron chi connectivity index (χ2n) is 7.48. The predicted molar refractivity (Wildman–Crippen MR) is 110 cm³/mol. The summed E-state index contributed by atoms with van der Waals surface area (Å²) < 4.78 is 20.5. The van der Waals surface area contributed by atoms with Gasteiger partial charge in [0, 0.05) is 36.2 Å². The summed E-state index contributed by atoms with van der Waals surface area (Å²) in [4.78, 5) is 14.3. The van der Waals surface area contributed by atoms with Crippen molar-refractivity contribution in [2.24, 2.45) is 0 Å². The fourth-order valence-electron chi connectivity index (χ4n) is 3.95. The molecule has 0 saturated carbocycles. The molecule has 1 saturated heterocycles. The summed E-state index contributed by atoms with van der Waals surface area (Å²) in [6.45, 7) is 7.28. The molecule has 2 heterocycles. The van der Waals surface area contributed by atoms with Gasteiger partial charge in [-0.05, 0) is 50.6 Å². The maximum atomic E-state index is 14.7. The maximum absolute atomic E-state index is 14.7. The minimum atomic E-state index is -0.294. The first-order valence-electron chi connectivity index (χ1n) is 9.50. The number of ether oxygens (including phenoxy) is 1. The minimum Gasteiger partial charge on any atom is -0.372 e. The third kappa shape index (κ3) is 3.47. The number of fused-ring (bicyclic) bond motifs is 1. The van der Waals surface area contributed by atoms with E-state index in [2.05, 4.69) is 10.6 Å². The Hall–Kier alpha value is -2.86. The third-order valence-electron chi connectivity index (χ3n) is 5.13. The summed E-state index contributed by atoms with van der Waals surface area (Å²) in [6, 6.07) is 10.8. The van der Waals surface area contributed by atoms with E-state index in [1.54, 1.807) is 12.3 Å². The number of carbonyl (C=O) groups is 1. The molecule has 2 atom stereocenters. The minimum absolute atomic E-state index is 0.0647. The van der Waals surface area contributed by atoms with Crippen molar-refractivity contribution < 1.29 is 13.9 Å². The van der Waals surface area contributed by atoms with Crippen LogP contribution in [0.1, 0.15) is 25.0 Å². The zero-order valence-electron chi connectivity index (χ0n) is 16.3. The molecule has 2 aromatic carbocycles. The number of nitrogens with zero attached hydrogens (tertiary/aromatic N) is 1. The van der Waals surface area contributed by atoms with Crippen LogP contribution in [0, 0.1) is 12.7 Å². The fraction of sp³-hybridized carbons (Fsp3) is 0.318. The van der Waals surface area contributed by atoms with Crippen molar-refractivity contribution in [1.82, 2.24) is 0 Å². The molecule has 0 aliphatic carbocycles. The Morgan fingerprint density at radius 2 is 1.96 bits per heavy atom. The molecule has 6 heteroatoms. The number of nitrogens with one attached hydrogen (secondary N) is 2. The number of hydrogen-bond donors (Lipinski definition) is 2. The highest BCUT2D eigenvalue weighted by molar-refractivity contribution is 6.32. The van der Waals surface area contributed by atoms with Crippen molar-refractivity contribution in [3.8, 4) is 0 Å². The number of benzene rings is 2. The van der Waals surface area contributed by atoms with Gasteiger partial charge in [-0.1, -0.05) is 12.1 Å². The van der Waals surface area contributed by atoms with E-state index >= 15 is 0 Å². The molecule has 1 amide bonds. The molecular formula is C22H24FN3O2. The van der Waals surface area contributed by atoms with Crippen LogP contribution in [0.15, 0.2) is 42.6 Å². The molecule has 0 radical (unpaired) electrons. The summed E-state index contributed by atoms with van der Waals surface area (Å²) in [5.41, 5.74) is 4.41. The zero-order valence-corrected chi connectivity index (χ0v) is 16.3. The Morgan fingerprint density at radius 3 is 2.68 bits per heavy atom. The van der Waals surface area contributed by atoms with Gasteiger partial charge in [-0.25, -0.2) is 4.39 Å². The highest BCUT2D eigenvalue weighted by Gasteiger charge is 2.26. The van der Waals surface area contributed by atoms with Gasteiger partial charge in [0.2, 0.25) is 0 Å². The van der Waals surface area contributed by atoms with E-state index in [-0.39, 0.29) is 23.9 Å². The number of hydrogen-bond acceptors (Lipinski definition) is 4. The van der Waals surface area contributed by atoms with Crippen LogP contribution in [0.4, 0.5) is 21.5 Å². The number of carbonyl (C=O) groups excluding carboxylic acids is 1. The fourth-order valence-corrected chi connectivity index (χ4v) is 3.95. The van der Waals surface area contributed by atoms with Gasteiger partial charge in [-0.2, -0.15) is 0 Å². The van der Waals surface area contributed by atoms with Crippen LogP contribution in [0.5, 0.6) is 0 Å². The van der Waals surface area contributed by atoms with Crippen molar-refractivity contribution in [2.45, 2.75) is 33.0 Å². The van der Waals surface area contributed by atoms with Crippen LogP contribution in [0.3, 0.4) is 0 Å². The molecule has 2 unspecified atom stereocenters. The first-order chi connectivity index (χ1) is 13.4. The lowest BCUT2D eigenvalue weighted by Gasteiger charge is -2.37. The topological polar surface area (TPSA) is 53.6 Å². The van der Waals surface area contributed by atoms with Gasteiger partial charge in [0.25, 0.3) is 5.91 Å². The smallest absolute Gasteiger partial charge is 0.257 e. The van der Waals surface area contributed by atoms with E-state index in [0.29, 0.717) is 30.0 Å². The van der Waals surface area contributed by atoms with E-state index in [9.17, 15) is 9.18 Å². The van der Waals surface area contributed by atoms with Gasteiger partial charge < -0.3 is 20.3 Å². The molecular weight excluding hydrogens is 357 g/mol. The first-order valence-corrected chi connectivity index (χ1v) is 9.50. The number of morpholine rings is 1. The van der Waals surface area contributed by atoms with E-state index in [4.69, 9.17) is 4.74 Å². The SMILES string of the molecule is Cc1cccc2c1/C(=C\Nc1ccc(N3CC(C)OC(C)C3)c(F)c1)C(=O)N2. The van der Waals surface area contributed by atoms with E-state index in [1.165, 1.54) is 6.07 Å². The van der Waals surface area contributed by atoms with Crippen LogP contribution in [-0.4, -0.2) is 31.2 Å². The average molecular weight is 381 g/mol. The van der Waals surface area contributed by atoms with Gasteiger partial charge in [0.1, 0.15) is 5.82 Å². The lowest BCUT2D eigenvalue weighted by Crippen LogP contribution is -2.45. The zero-order chi connectivity index (χ0) is 19.8.